The molecule has 0 N–H and O–H groups in total. The molecule has 0 spiro atoms. The number of fused-ring (bicyclic) bond motifs is 21. The Hall–Kier alpha value is -12.5. The quantitative estimate of drug-likeness (QED) is 0.152. The van der Waals surface area contributed by atoms with Crippen molar-refractivity contribution in [2.24, 2.45) is 0 Å². The number of hydrogen-bond donors (Lipinski definition) is 0. The number of pyridine rings is 2. The molecule has 0 atom stereocenters. The van der Waals surface area contributed by atoms with Crippen LogP contribution in [0.25, 0.3) is 178 Å². The Balaban J connectivity index is 0.902. The molecule has 8 nitrogen and oxygen atoms in total. The summed E-state index contributed by atoms with van der Waals surface area (Å²) in [7, 11) is 0. The predicted octanol–water partition coefficient (Wildman–Crippen LogP) is 22.0. The van der Waals surface area contributed by atoms with E-state index in [2.05, 4.69) is 331 Å². The molecule has 8 heterocycles. The Kier molecular flexibility index (Phi) is 11.3. The van der Waals surface area contributed by atoms with Gasteiger partial charge in [-0.3, -0.25) is 9.13 Å². The van der Waals surface area contributed by atoms with Crippen LogP contribution in [0.5, 0.6) is 0 Å². The van der Waals surface area contributed by atoms with Gasteiger partial charge in [-0.15, -0.1) is 0 Å². The standard InChI is InChI=1S/C88H58N8/c1-4-24-55(25-5-1)71-36-22-44-81(89-71)95-75-40-18-12-30-61(75)65-48-50-79-83(85(65)95)69-34-14-20-42-77(69)91(79)58-52-59(54-60(53-58)94-74-39-17-11-33-64(74)68-47-46-67-63-32-10-16-38-73(63)93(87(67)88(68)94)57-28-8-3-9-29-57)92-78-43-21-15-35-70(78)84-80(92)51-49-66-62-31-13-19-41-76(62)96(86(66)84)82-45-23-37-72(90-82)56-26-6-2-7-27-56/h1-12,14,16-30,32-34,36-54H,13,15,31,35H2. The van der Waals surface area contributed by atoms with Gasteiger partial charge in [0.25, 0.3) is 0 Å². The van der Waals surface area contributed by atoms with E-state index in [-0.39, 0.29) is 0 Å². The van der Waals surface area contributed by atoms with Crippen LogP contribution in [0, 0.1) is 0 Å². The van der Waals surface area contributed by atoms with Crippen LogP contribution in [-0.4, -0.2) is 37.4 Å². The summed E-state index contributed by atoms with van der Waals surface area (Å²) >= 11 is 0. The normalized spacial score (nSPS) is 13.2. The molecule has 2 aliphatic carbocycles. The average Bonchev–Trinajstić information content (AvgIpc) is 1.55. The van der Waals surface area contributed by atoms with E-state index >= 15 is 0 Å². The molecule has 0 saturated heterocycles. The number of aryl methyl sites for hydroxylation is 2. The lowest BCUT2D eigenvalue weighted by atomic mass is 9.97. The lowest BCUT2D eigenvalue weighted by Crippen LogP contribution is -2.05. The molecule has 0 bridgehead atoms. The average molecular weight is 1230 g/mol. The molecule has 8 heteroatoms. The topological polar surface area (TPSA) is 55.4 Å². The van der Waals surface area contributed by atoms with Crippen molar-refractivity contribution >= 4 is 121 Å². The number of aromatic nitrogens is 8. The van der Waals surface area contributed by atoms with Crippen molar-refractivity contribution in [1.82, 2.24) is 37.4 Å². The van der Waals surface area contributed by atoms with E-state index in [1.807, 2.05) is 0 Å². The monoisotopic (exact) mass is 1230 g/mol. The number of benzene rings is 11. The van der Waals surface area contributed by atoms with E-state index in [1.54, 1.807) is 0 Å². The van der Waals surface area contributed by atoms with Gasteiger partial charge in [0.15, 0.2) is 0 Å². The zero-order valence-corrected chi connectivity index (χ0v) is 52.3. The first-order valence-electron chi connectivity index (χ1n) is 33.4. The highest BCUT2D eigenvalue weighted by molar-refractivity contribution is 6.27. The molecule has 96 heavy (non-hydrogen) atoms. The minimum atomic E-state index is 0.871. The molecular formula is C88H58N8. The van der Waals surface area contributed by atoms with E-state index in [9.17, 15) is 0 Å². The molecule has 0 aliphatic heterocycles. The van der Waals surface area contributed by atoms with Crippen molar-refractivity contribution < 1.29 is 0 Å². The summed E-state index contributed by atoms with van der Waals surface area (Å²) < 4.78 is 15.1. The third-order valence-corrected chi connectivity index (χ3v) is 20.7. The molecule has 450 valence electrons. The largest absolute Gasteiger partial charge is 0.309 e. The number of hydrogen-bond acceptors (Lipinski definition) is 2. The highest BCUT2D eigenvalue weighted by Gasteiger charge is 2.30. The Morgan fingerprint density at radius 1 is 0.250 bits per heavy atom. The molecule has 2 aliphatic rings. The van der Waals surface area contributed by atoms with Crippen LogP contribution < -0.4 is 0 Å². The van der Waals surface area contributed by atoms with Gasteiger partial charge in [0.1, 0.15) is 11.6 Å². The van der Waals surface area contributed by atoms with Gasteiger partial charge < -0.3 is 18.3 Å². The molecule has 0 fully saturated rings. The maximum absolute atomic E-state index is 5.53. The summed E-state index contributed by atoms with van der Waals surface area (Å²) in [5.74, 6) is 1.79. The second-order valence-corrected chi connectivity index (χ2v) is 25.8. The Labute approximate surface area is 551 Å². The molecule has 0 amide bonds. The number of nitrogens with zero attached hydrogens (tertiary/aromatic N) is 8. The van der Waals surface area contributed by atoms with Crippen molar-refractivity contribution in [2.45, 2.75) is 25.7 Å². The molecule has 0 unspecified atom stereocenters. The van der Waals surface area contributed by atoms with Gasteiger partial charge in [-0.2, -0.15) is 0 Å². The van der Waals surface area contributed by atoms with Crippen molar-refractivity contribution in [2.75, 3.05) is 0 Å². The van der Waals surface area contributed by atoms with Gasteiger partial charge in [-0.05, 0) is 140 Å². The van der Waals surface area contributed by atoms with Crippen LogP contribution in [0.1, 0.15) is 35.4 Å². The predicted molar refractivity (Wildman–Crippen MR) is 399 cm³/mol. The van der Waals surface area contributed by atoms with Gasteiger partial charge in [-0.25, -0.2) is 9.97 Å². The van der Waals surface area contributed by atoms with E-state index in [0.717, 1.165) is 132 Å². The Bertz CT molecular complexity index is 6560. The molecule has 0 saturated carbocycles. The fourth-order valence-corrected chi connectivity index (χ4v) is 16.8. The zero-order valence-electron chi connectivity index (χ0n) is 52.3. The second kappa shape index (κ2) is 20.5. The number of para-hydroxylation sites is 5. The fourth-order valence-electron chi connectivity index (χ4n) is 16.8. The van der Waals surface area contributed by atoms with Gasteiger partial charge in [0, 0.05) is 76.4 Å². The van der Waals surface area contributed by atoms with Crippen molar-refractivity contribution in [3.63, 3.8) is 0 Å². The smallest absolute Gasteiger partial charge is 0.138 e. The first kappa shape index (κ1) is 53.0. The van der Waals surface area contributed by atoms with Gasteiger partial charge in [0.05, 0.1) is 89.3 Å². The molecule has 0 radical (unpaired) electrons. The summed E-state index contributed by atoms with van der Waals surface area (Å²) in [4.78, 5) is 11.0. The van der Waals surface area contributed by atoms with Gasteiger partial charge in [0.2, 0.25) is 0 Å². The van der Waals surface area contributed by atoms with Crippen LogP contribution in [0.4, 0.5) is 0 Å². The SMILES string of the molecule is C1=Cc2c(c3ccc4c(c5c(n4-c4cc(-n6c7ccccc7c7c6ccc6c8ccccc8n(-c8cccc(-c9ccccc9)n8)c67)cc(-n6c7ccccc7c7ccc8c9ccccc9n(-c9ccccc9)c8c76)c4)C=CCC5)c3n2-c2cccc(-c3ccccc3)n2)CC1. The highest BCUT2D eigenvalue weighted by Crippen LogP contribution is 2.48. The van der Waals surface area contributed by atoms with Crippen LogP contribution in [0.2, 0.25) is 0 Å². The highest BCUT2D eigenvalue weighted by atomic mass is 15.1. The van der Waals surface area contributed by atoms with E-state index in [4.69, 9.17) is 9.97 Å². The molecular weight excluding hydrogens is 1170 g/mol. The first-order chi connectivity index (χ1) is 47.7. The third kappa shape index (κ3) is 7.54. The Morgan fingerprint density at radius 2 is 0.667 bits per heavy atom. The second-order valence-electron chi connectivity index (χ2n) is 25.8. The molecule has 21 rings (SSSR count). The fraction of sp³-hybridized carbons (Fsp3) is 0.0455. The lowest BCUT2D eigenvalue weighted by Gasteiger charge is -2.19. The van der Waals surface area contributed by atoms with E-state index in [0.29, 0.717) is 0 Å². The minimum Gasteiger partial charge on any atom is -0.309 e. The molecule has 11 aromatic carbocycles. The zero-order chi connectivity index (χ0) is 62.7. The van der Waals surface area contributed by atoms with Crippen LogP contribution in [0.15, 0.2) is 291 Å². The van der Waals surface area contributed by atoms with E-state index < -0.39 is 0 Å². The van der Waals surface area contributed by atoms with Gasteiger partial charge in [-0.1, -0.05) is 200 Å². The summed E-state index contributed by atoms with van der Waals surface area (Å²) in [5.41, 5.74) is 24.9. The molecule has 8 aromatic heterocycles. The summed E-state index contributed by atoms with van der Waals surface area (Å²) in [6.07, 6.45) is 13.3. The summed E-state index contributed by atoms with van der Waals surface area (Å²) in [5, 5.41) is 12.1. The summed E-state index contributed by atoms with van der Waals surface area (Å²) in [6, 6.07) is 102. The lowest BCUT2D eigenvalue weighted by molar-refractivity contribution is 0.952. The molecule has 19 aromatic rings. The van der Waals surface area contributed by atoms with Crippen LogP contribution in [0.3, 0.4) is 0 Å². The van der Waals surface area contributed by atoms with Crippen molar-refractivity contribution in [3.05, 3.63) is 314 Å². The third-order valence-electron chi connectivity index (χ3n) is 20.7. The van der Waals surface area contributed by atoms with Crippen molar-refractivity contribution in [3.8, 4) is 56.9 Å². The Morgan fingerprint density at radius 3 is 1.26 bits per heavy atom. The minimum absolute atomic E-state index is 0.871. The van der Waals surface area contributed by atoms with Crippen LogP contribution in [-0.2, 0) is 12.8 Å². The van der Waals surface area contributed by atoms with E-state index in [1.165, 1.54) is 82.0 Å². The van der Waals surface area contributed by atoms with Gasteiger partial charge >= 0.3 is 0 Å². The van der Waals surface area contributed by atoms with Crippen molar-refractivity contribution in [1.29, 1.82) is 0 Å². The summed E-state index contributed by atoms with van der Waals surface area (Å²) in [6.45, 7) is 0. The number of allylic oxidation sites excluding steroid dienone is 2. The number of rotatable bonds is 8. The van der Waals surface area contributed by atoms with Crippen LogP contribution >= 0.6 is 0 Å². The first-order valence-corrected chi connectivity index (χ1v) is 33.4. The maximum Gasteiger partial charge on any atom is 0.138 e. The maximum atomic E-state index is 5.53.